The molecule has 0 saturated carbocycles. The highest BCUT2D eigenvalue weighted by Crippen LogP contribution is 2.45. The van der Waals surface area contributed by atoms with Crippen LogP contribution < -0.4 is 5.32 Å². The molecule has 3 atom stereocenters. The van der Waals surface area contributed by atoms with Gasteiger partial charge in [0.15, 0.2) is 11.6 Å². The topological polar surface area (TPSA) is 38.3 Å². The van der Waals surface area contributed by atoms with Gasteiger partial charge in [-0.15, -0.1) is 0 Å². The molecule has 0 bridgehead atoms. The summed E-state index contributed by atoms with van der Waals surface area (Å²) in [5.41, 5.74) is -4.10. The first kappa shape index (κ1) is 14.3. The van der Waals surface area contributed by atoms with Crippen molar-refractivity contribution < 1.29 is 27.1 Å². The molecule has 2 heterocycles. The van der Waals surface area contributed by atoms with Crippen LogP contribution in [0.25, 0.3) is 0 Å². The van der Waals surface area contributed by atoms with E-state index >= 15 is 0 Å². The van der Waals surface area contributed by atoms with Gasteiger partial charge in [-0.2, -0.15) is 0 Å². The number of ether oxygens (including phenoxy) is 1. The maximum atomic E-state index is 14.2. The average molecular weight is 303 g/mol. The van der Waals surface area contributed by atoms with Crippen LogP contribution >= 0.6 is 0 Å². The Hall–Kier alpha value is -1.63. The molecule has 0 spiro atoms. The molecule has 1 aromatic carbocycles. The molecule has 1 N–H and O–H groups in total. The summed E-state index contributed by atoms with van der Waals surface area (Å²) in [7, 11) is 0. The third kappa shape index (κ3) is 1.94. The summed E-state index contributed by atoms with van der Waals surface area (Å²) in [6.07, 6.45) is -0.425. The van der Waals surface area contributed by atoms with E-state index in [9.17, 15) is 22.4 Å². The molecule has 2 aliphatic rings. The van der Waals surface area contributed by atoms with Crippen LogP contribution in [0, 0.1) is 17.6 Å². The van der Waals surface area contributed by atoms with Crippen molar-refractivity contribution in [3.05, 3.63) is 35.4 Å². The van der Waals surface area contributed by atoms with E-state index in [1.807, 2.05) is 0 Å². The predicted octanol–water partition coefficient (Wildman–Crippen LogP) is 2.00. The van der Waals surface area contributed by atoms with Crippen LogP contribution in [0.2, 0.25) is 0 Å². The molecule has 7 heteroatoms. The second kappa shape index (κ2) is 4.69. The lowest BCUT2D eigenvalue weighted by atomic mass is 9.71. The quantitative estimate of drug-likeness (QED) is 0.849. The minimum Gasteiger partial charge on any atom is -0.378 e. The number of fused-ring (bicyclic) bond motifs is 1. The Morgan fingerprint density at radius 2 is 2.14 bits per heavy atom. The lowest BCUT2D eigenvalue weighted by Gasteiger charge is -2.43. The number of amides is 1. The normalized spacial score (nSPS) is 35.4. The number of piperidine rings is 1. The Morgan fingerprint density at radius 1 is 1.38 bits per heavy atom. The summed E-state index contributed by atoms with van der Waals surface area (Å²) in [5.74, 6) is -3.99. The summed E-state index contributed by atoms with van der Waals surface area (Å²) < 4.78 is 59.8. The van der Waals surface area contributed by atoms with Crippen molar-refractivity contribution in [1.82, 2.24) is 5.32 Å². The zero-order valence-corrected chi connectivity index (χ0v) is 11.0. The summed E-state index contributed by atoms with van der Waals surface area (Å²) in [6, 6.07) is 3.57. The number of carbonyl (C=O) groups excluding carboxylic acids is 1. The van der Waals surface area contributed by atoms with Gasteiger partial charge in [-0.25, -0.2) is 17.6 Å². The van der Waals surface area contributed by atoms with Gasteiger partial charge in [0.25, 0.3) is 5.91 Å². The van der Waals surface area contributed by atoms with Gasteiger partial charge in [0.2, 0.25) is 5.67 Å². The molecule has 1 aromatic rings. The molecular formula is C14H13F4NO2. The maximum Gasteiger partial charge on any atom is 0.261 e. The Labute approximate surface area is 118 Å². The van der Waals surface area contributed by atoms with Crippen LogP contribution in [0.15, 0.2) is 18.2 Å². The summed E-state index contributed by atoms with van der Waals surface area (Å²) >= 11 is 0. The Bertz CT molecular complexity index is 596. The van der Waals surface area contributed by atoms with E-state index in [-0.39, 0.29) is 18.8 Å². The zero-order chi connectivity index (χ0) is 15.3. The second-order valence-electron chi connectivity index (χ2n) is 5.54. The van der Waals surface area contributed by atoms with Gasteiger partial charge in [-0.3, -0.25) is 4.79 Å². The van der Waals surface area contributed by atoms with Gasteiger partial charge in [-0.05, 0) is 6.07 Å². The fourth-order valence-electron chi connectivity index (χ4n) is 3.12. The van der Waals surface area contributed by atoms with Crippen LogP contribution in [0.1, 0.15) is 12.0 Å². The zero-order valence-electron chi connectivity index (χ0n) is 11.0. The van der Waals surface area contributed by atoms with Gasteiger partial charge in [0.05, 0.1) is 18.8 Å². The number of rotatable bonds is 2. The minimum atomic E-state index is -2.65. The standard InChI is InChI=1S/C14H13F4NO2/c15-6-13(18)4-8-5-21-7-14(8,19-12(13)20)9-2-1-3-10(16)11(9)17/h1-3,8H,4-7H2,(H,19,20)/t8-,13?,14+/m1/s1. The molecule has 1 unspecified atom stereocenters. The van der Waals surface area contributed by atoms with Gasteiger partial charge >= 0.3 is 0 Å². The first-order chi connectivity index (χ1) is 9.93. The number of hydrogen-bond donors (Lipinski definition) is 1. The molecular weight excluding hydrogens is 290 g/mol. The first-order valence-corrected chi connectivity index (χ1v) is 6.53. The van der Waals surface area contributed by atoms with Gasteiger partial charge in [0.1, 0.15) is 6.67 Å². The lowest BCUT2D eigenvalue weighted by molar-refractivity contribution is -0.143. The summed E-state index contributed by atoms with van der Waals surface area (Å²) in [6.45, 7) is -1.52. The maximum absolute atomic E-state index is 14.2. The van der Waals surface area contributed by atoms with Crippen molar-refractivity contribution >= 4 is 5.91 Å². The highest BCUT2D eigenvalue weighted by atomic mass is 19.2. The van der Waals surface area contributed by atoms with Crippen molar-refractivity contribution in [1.29, 1.82) is 0 Å². The molecule has 114 valence electrons. The lowest BCUT2D eigenvalue weighted by Crippen LogP contribution is -2.64. The van der Waals surface area contributed by atoms with Crippen molar-refractivity contribution in [3.63, 3.8) is 0 Å². The Balaban J connectivity index is 2.08. The number of carbonyl (C=O) groups is 1. The van der Waals surface area contributed by atoms with Gasteiger partial charge in [0, 0.05) is 17.9 Å². The molecule has 0 aliphatic carbocycles. The molecule has 2 aliphatic heterocycles. The number of halogens is 4. The highest BCUT2D eigenvalue weighted by Gasteiger charge is 2.59. The van der Waals surface area contributed by atoms with Crippen LogP contribution in [-0.2, 0) is 15.1 Å². The smallest absolute Gasteiger partial charge is 0.261 e. The van der Waals surface area contributed by atoms with E-state index < -0.39 is 47.8 Å². The molecule has 2 fully saturated rings. The average Bonchev–Trinajstić information content (AvgIpc) is 2.85. The van der Waals surface area contributed by atoms with E-state index in [0.29, 0.717) is 0 Å². The molecule has 3 rings (SSSR count). The SMILES string of the molecule is O=C1N[C@@]2(c3cccc(F)c3F)COC[C@H]2CC1(F)CF. The number of alkyl halides is 2. The van der Waals surface area contributed by atoms with Crippen LogP contribution in [0.4, 0.5) is 17.6 Å². The highest BCUT2D eigenvalue weighted by molar-refractivity contribution is 5.87. The summed E-state index contributed by atoms with van der Waals surface area (Å²) in [4.78, 5) is 11.9. The molecule has 3 nitrogen and oxygen atoms in total. The van der Waals surface area contributed by atoms with Gasteiger partial charge in [-0.1, -0.05) is 12.1 Å². The van der Waals surface area contributed by atoms with Crippen molar-refractivity contribution in [2.75, 3.05) is 19.9 Å². The molecule has 0 radical (unpaired) electrons. The van der Waals surface area contributed by atoms with E-state index in [2.05, 4.69) is 5.32 Å². The van der Waals surface area contributed by atoms with Crippen molar-refractivity contribution in [3.8, 4) is 0 Å². The van der Waals surface area contributed by atoms with E-state index in [1.54, 1.807) is 0 Å². The Morgan fingerprint density at radius 3 is 2.86 bits per heavy atom. The van der Waals surface area contributed by atoms with Crippen molar-refractivity contribution in [2.45, 2.75) is 17.6 Å². The third-order valence-corrected chi connectivity index (χ3v) is 4.30. The third-order valence-electron chi connectivity index (χ3n) is 4.30. The van der Waals surface area contributed by atoms with Crippen LogP contribution in [-0.4, -0.2) is 31.5 Å². The van der Waals surface area contributed by atoms with Crippen molar-refractivity contribution in [2.24, 2.45) is 5.92 Å². The fourth-order valence-corrected chi connectivity index (χ4v) is 3.12. The van der Waals surface area contributed by atoms with Crippen LogP contribution in [0.5, 0.6) is 0 Å². The number of hydrogen-bond acceptors (Lipinski definition) is 2. The number of benzene rings is 1. The monoisotopic (exact) mass is 303 g/mol. The first-order valence-electron chi connectivity index (χ1n) is 6.53. The van der Waals surface area contributed by atoms with E-state index in [0.717, 1.165) is 6.07 Å². The number of nitrogens with one attached hydrogen (secondary N) is 1. The summed E-state index contributed by atoms with van der Waals surface area (Å²) in [5, 5.41) is 2.33. The second-order valence-corrected chi connectivity index (χ2v) is 5.54. The Kier molecular flexibility index (Phi) is 3.20. The fraction of sp³-hybridized carbons (Fsp3) is 0.500. The molecule has 0 aromatic heterocycles. The van der Waals surface area contributed by atoms with Crippen LogP contribution in [0.3, 0.4) is 0 Å². The van der Waals surface area contributed by atoms with Gasteiger partial charge < -0.3 is 10.1 Å². The largest absolute Gasteiger partial charge is 0.378 e. The molecule has 2 saturated heterocycles. The molecule has 21 heavy (non-hydrogen) atoms. The molecule has 1 amide bonds. The minimum absolute atomic E-state index is 0.0436. The predicted molar refractivity (Wildman–Crippen MR) is 64.9 cm³/mol. The van der Waals surface area contributed by atoms with E-state index in [1.165, 1.54) is 12.1 Å². The van der Waals surface area contributed by atoms with E-state index in [4.69, 9.17) is 4.74 Å².